The fraction of sp³-hybridized carbons (Fsp3) is 0.200. The van der Waals surface area contributed by atoms with Gasteiger partial charge in [0.05, 0.1) is 11.4 Å². The molecule has 1 aliphatic rings. The van der Waals surface area contributed by atoms with Crippen LogP contribution in [0.25, 0.3) is 11.1 Å². The van der Waals surface area contributed by atoms with Gasteiger partial charge in [0.2, 0.25) is 11.9 Å². The third-order valence-electron chi connectivity index (χ3n) is 6.63. The first-order valence-electron chi connectivity index (χ1n) is 12.9. The van der Waals surface area contributed by atoms with E-state index in [1.54, 1.807) is 12.4 Å². The zero-order valence-electron chi connectivity index (χ0n) is 22.2. The van der Waals surface area contributed by atoms with Crippen LogP contribution in [0.5, 0.6) is 0 Å². The second-order valence-electron chi connectivity index (χ2n) is 9.47. The lowest BCUT2D eigenvalue weighted by Gasteiger charge is -2.34. The van der Waals surface area contributed by atoms with Crippen molar-refractivity contribution >= 4 is 40.4 Å². The first-order valence-corrected chi connectivity index (χ1v) is 12.9. The Morgan fingerprint density at radius 2 is 1.64 bits per heavy atom. The molecule has 2 aromatic heterocycles. The number of amides is 1. The van der Waals surface area contributed by atoms with Crippen molar-refractivity contribution in [3.8, 4) is 11.1 Å². The van der Waals surface area contributed by atoms with E-state index in [0.29, 0.717) is 23.1 Å². The van der Waals surface area contributed by atoms with Crippen LogP contribution in [0.3, 0.4) is 0 Å². The lowest BCUT2D eigenvalue weighted by Crippen LogP contribution is -2.44. The van der Waals surface area contributed by atoms with Gasteiger partial charge in [-0.15, -0.1) is 0 Å². The molecular formula is C30H32N8O. The maximum Gasteiger partial charge on any atom is 0.247 e. The van der Waals surface area contributed by atoms with E-state index in [4.69, 9.17) is 4.98 Å². The zero-order valence-corrected chi connectivity index (χ0v) is 22.2. The van der Waals surface area contributed by atoms with E-state index in [0.717, 1.165) is 48.7 Å². The summed E-state index contributed by atoms with van der Waals surface area (Å²) in [4.78, 5) is 30.6. The van der Waals surface area contributed by atoms with Crippen molar-refractivity contribution in [2.45, 2.75) is 6.92 Å². The molecule has 198 valence electrons. The standard InChI is InChI=1S/C30H32N8O/c1-4-28(39)34-26-7-5-6-8-27(26)35-29-25(22-10-9-21(2)31-19-22)20-32-30(36-29)33-23-11-13-24(14-12-23)38-17-15-37(3)16-18-38/h4-14,19-20H,1,15-18H2,2-3H3,(H,34,39)(H2,32,33,35,36). The number of piperazine rings is 1. The summed E-state index contributed by atoms with van der Waals surface area (Å²) in [7, 11) is 2.16. The molecule has 5 rings (SSSR count). The van der Waals surface area contributed by atoms with Crippen LogP contribution < -0.4 is 20.9 Å². The third kappa shape index (κ3) is 6.39. The highest BCUT2D eigenvalue weighted by molar-refractivity contribution is 6.01. The number of nitrogens with one attached hydrogen (secondary N) is 3. The van der Waals surface area contributed by atoms with Crippen molar-refractivity contribution in [3.05, 3.63) is 91.4 Å². The predicted octanol–water partition coefficient (Wildman–Crippen LogP) is 5.21. The molecule has 9 heteroatoms. The molecule has 4 aromatic rings. The number of nitrogens with zero attached hydrogens (tertiary/aromatic N) is 5. The lowest BCUT2D eigenvalue weighted by molar-refractivity contribution is -0.111. The van der Waals surface area contributed by atoms with Gasteiger partial charge in [-0.3, -0.25) is 9.78 Å². The Labute approximate surface area is 228 Å². The fourth-order valence-electron chi connectivity index (χ4n) is 4.34. The third-order valence-corrected chi connectivity index (χ3v) is 6.63. The summed E-state index contributed by atoms with van der Waals surface area (Å²) < 4.78 is 0. The van der Waals surface area contributed by atoms with Gasteiger partial charge < -0.3 is 25.8 Å². The number of rotatable bonds is 8. The molecule has 9 nitrogen and oxygen atoms in total. The second-order valence-corrected chi connectivity index (χ2v) is 9.47. The Kier molecular flexibility index (Phi) is 7.79. The van der Waals surface area contributed by atoms with Crippen LogP contribution in [-0.2, 0) is 4.79 Å². The number of pyridine rings is 1. The Morgan fingerprint density at radius 3 is 2.33 bits per heavy atom. The lowest BCUT2D eigenvalue weighted by atomic mass is 10.1. The number of carbonyl (C=O) groups excluding carboxylic acids is 1. The van der Waals surface area contributed by atoms with Gasteiger partial charge in [0, 0.05) is 66.8 Å². The summed E-state index contributed by atoms with van der Waals surface area (Å²) >= 11 is 0. The number of aromatic nitrogens is 3. The maximum absolute atomic E-state index is 12.0. The summed E-state index contributed by atoms with van der Waals surface area (Å²) in [6.07, 6.45) is 4.81. The van der Waals surface area contributed by atoms with E-state index in [1.165, 1.54) is 11.8 Å². The van der Waals surface area contributed by atoms with Crippen LogP contribution in [0.2, 0.25) is 0 Å². The van der Waals surface area contributed by atoms with Crippen molar-refractivity contribution in [3.63, 3.8) is 0 Å². The SMILES string of the molecule is C=CC(=O)Nc1ccccc1Nc1nc(Nc2ccc(N3CCN(C)CC3)cc2)ncc1-c1ccc(C)nc1. The molecule has 0 atom stereocenters. The summed E-state index contributed by atoms with van der Waals surface area (Å²) in [5.74, 6) is 0.728. The molecule has 0 saturated carbocycles. The van der Waals surface area contributed by atoms with Gasteiger partial charge >= 0.3 is 0 Å². The van der Waals surface area contributed by atoms with Gasteiger partial charge in [-0.25, -0.2) is 4.98 Å². The molecule has 1 amide bonds. The van der Waals surface area contributed by atoms with Gasteiger partial charge in [-0.2, -0.15) is 4.98 Å². The van der Waals surface area contributed by atoms with Crippen LogP contribution in [0, 0.1) is 6.92 Å². The van der Waals surface area contributed by atoms with Crippen molar-refractivity contribution in [2.24, 2.45) is 0 Å². The first kappa shape index (κ1) is 25.9. The van der Waals surface area contributed by atoms with Gasteiger partial charge in [0.1, 0.15) is 5.82 Å². The number of benzene rings is 2. The summed E-state index contributed by atoms with van der Waals surface area (Å²) in [5.41, 5.74) is 5.98. The first-order chi connectivity index (χ1) is 19.0. The van der Waals surface area contributed by atoms with Crippen molar-refractivity contribution < 1.29 is 4.79 Å². The normalized spacial score (nSPS) is 13.5. The molecule has 3 heterocycles. The Bertz CT molecular complexity index is 1450. The van der Waals surface area contributed by atoms with E-state index in [-0.39, 0.29) is 5.91 Å². The summed E-state index contributed by atoms with van der Waals surface area (Å²) in [5, 5.41) is 9.55. The smallest absolute Gasteiger partial charge is 0.247 e. The minimum absolute atomic E-state index is 0.294. The zero-order chi connectivity index (χ0) is 27.2. The Hall–Kier alpha value is -4.76. The van der Waals surface area contributed by atoms with Crippen LogP contribution in [0.15, 0.2) is 85.7 Å². The van der Waals surface area contributed by atoms with Crippen LogP contribution in [0.1, 0.15) is 5.69 Å². The van der Waals surface area contributed by atoms with E-state index in [2.05, 4.69) is 61.5 Å². The minimum Gasteiger partial charge on any atom is -0.369 e. The van der Waals surface area contributed by atoms with Crippen molar-refractivity contribution in [1.29, 1.82) is 0 Å². The van der Waals surface area contributed by atoms with E-state index < -0.39 is 0 Å². The molecule has 0 radical (unpaired) electrons. The highest BCUT2D eigenvalue weighted by Gasteiger charge is 2.15. The van der Waals surface area contributed by atoms with Gasteiger partial charge in [-0.1, -0.05) is 24.8 Å². The average molecular weight is 521 g/mol. The Balaban J connectivity index is 1.42. The highest BCUT2D eigenvalue weighted by atomic mass is 16.1. The predicted molar refractivity (Wildman–Crippen MR) is 158 cm³/mol. The minimum atomic E-state index is -0.294. The number of likely N-dealkylation sites (N-methyl/N-ethyl adjacent to an activating group) is 1. The summed E-state index contributed by atoms with van der Waals surface area (Å²) in [6.45, 7) is 9.65. The largest absolute Gasteiger partial charge is 0.369 e. The number of para-hydroxylation sites is 2. The number of carbonyl (C=O) groups is 1. The van der Waals surface area contributed by atoms with Crippen LogP contribution in [0.4, 0.5) is 34.5 Å². The van der Waals surface area contributed by atoms with Crippen LogP contribution in [-0.4, -0.2) is 59.0 Å². The quantitative estimate of drug-likeness (QED) is 0.272. The molecule has 0 aliphatic carbocycles. The molecule has 1 aliphatic heterocycles. The molecule has 0 unspecified atom stereocenters. The molecule has 0 bridgehead atoms. The van der Waals surface area contributed by atoms with Crippen LogP contribution >= 0.6 is 0 Å². The number of hydrogen-bond acceptors (Lipinski definition) is 8. The van der Waals surface area contributed by atoms with Gasteiger partial charge in [0.15, 0.2) is 0 Å². The van der Waals surface area contributed by atoms with Gasteiger partial charge in [-0.05, 0) is 62.5 Å². The number of aryl methyl sites for hydroxylation is 1. The maximum atomic E-state index is 12.0. The monoisotopic (exact) mass is 520 g/mol. The van der Waals surface area contributed by atoms with Crippen molar-refractivity contribution in [1.82, 2.24) is 19.9 Å². The second kappa shape index (κ2) is 11.7. The fourth-order valence-corrected chi connectivity index (χ4v) is 4.34. The van der Waals surface area contributed by atoms with Crippen molar-refractivity contribution in [2.75, 3.05) is 54.1 Å². The Morgan fingerprint density at radius 1 is 0.897 bits per heavy atom. The van der Waals surface area contributed by atoms with E-state index in [9.17, 15) is 4.79 Å². The average Bonchev–Trinajstić information content (AvgIpc) is 2.96. The van der Waals surface area contributed by atoms with E-state index in [1.807, 2.05) is 55.5 Å². The van der Waals surface area contributed by atoms with E-state index >= 15 is 0 Å². The molecule has 2 aromatic carbocycles. The molecule has 3 N–H and O–H groups in total. The molecular weight excluding hydrogens is 488 g/mol. The number of anilines is 6. The molecule has 39 heavy (non-hydrogen) atoms. The molecule has 1 fully saturated rings. The molecule has 1 saturated heterocycles. The number of hydrogen-bond donors (Lipinski definition) is 3. The molecule has 0 spiro atoms. The summed E-state index contributed by atoms with van der Waals surface area (Å²) in [6, 6.07) is 19.7. The topological polar surface area (TPSA) is 98.3 Å². The highest BCUT2D eigenvalue weighted by Crippen LogP contribution is 2.32. The van der Waals surface area contributed by atoms with Gasteiger partial charge in [0.25, 0.3) is 0 Å².